The zero-order valence-electron chi connectivity index (χ0n) is 36.9. The van der Waals surface area contributed by atoms with Crippen molar-refractivity contribution in [2.75, 3.05) is 0 Å². The van der Waals surface area contributed by atoms with Gasteiger partial charge in [-0.2, -0.15) is 0 Å². The molecule has 0 spiro atoms. The van der Waals surface area contributed by atoms with Crippen LogP contribution in [0.1, 0.15) is 45.2 Å². The first-order chi connectivity index (χ1) is 33.7. The summed E-state index contributed by atoms with van der Waals surface area (Å²) >= 11 is 0. The molecule has 9 aromatic carbocycles. The standard InChI is InChI=1S/C63H41N5/c1-5-17-41(18-6-1)48-25-13-16-28-53(48)63-67-61(44-23-11-4-12-24-44)66-62(68-63)45-31-29-40(30-32-45)46-33-35-51-54(37-46)58-49-26-14-15-27-50(49)59(51)55-38-47(34-36-52(55)58)57-39-56(42-19-7-2-8-20-42)64-60(65-57)43-21-9-3-10-22-43/h1-39,58-59H. The Morgan fingerprint density at radius 1 is 0.206 bits per heavy atom. The molecule has 5 nitrogen and oxygen atoms in total. The predicted molar refractivity (Wildman–Crippen MR) is 274 cm³/mol. The summed E-state index contributed by atoms with van der Waals surface area (Å²) in [6.45, 7) is 0. The maximum absolute atomic E-state index is 5.20. The molecule has 0 radical (unpaired) electrons. The van der Waals surface area contributed by atoms with Crippen LogP contribution in [0.25, 0.3) is 90.3 Å². The van der Waals surface area contributed by atoms with Crippen LogP contribution in [0, 0.1) is 0 Å². The van der Waals surface area contributed by atoms with Gasteiger partial charge in [0.15, 0.2) is 23.3 Å². The minimum atomic E-state index is 0.102. The first kappa shape index (κ1) is 39.4. The lowest BCUT2D eigenvalue weighted by atomic mass is 9.60. The van der Waals surface area contributed by atoms with Crippen LogP contribution in [0.5, 0.6) is 0 Å². The van der Waals surface area contributed by atoms with Gasteiger partial charge < -0.3 is 0 Å². The number of hydrogen-bond donors (Lipinski definition) is 0. The molecular weight excluding hydrogens is 827 g/mol. The number of rotatable bonds is 8. The monoisotopic (exact) mass is 867 g/mol. The molecule has 0 saturated heterocycles. The lowest BCUT2D eigenvalue weighted by Gasteiger charge is -2.42. The average molecular weight is 868 g/mol. The topological polar surface area (TPSA) is 64.5 Å². The molecule has 3 aliphatic carbocycles. The molecule has 2 aromatic heterocycles. The molecule has 0 saturated carbocycles. The van der Waals surface area contributed by atoms with Crippen LogP contribution in [0.2, 0.25) is 0 Å². The third-order valence-corrected chi connectivity index (χ3v) is 13.6. The van der Waals surface area contributed by atoms with Crippen LogP contribution < -0.4 is 0 Å². The Balaban J connectivity index is 0.869. The van der Waals surface area contributed by atoms with E-state index in [1.54, 1.807) is 0 Å². The molecule has 2 bridgehead atoms. The molecular formula is C63H41N5. The van der Waals surface area contributed by atoms with E-state index in [4.69, 9.17) is 24.9 Å². The second-order valence-electron chi connectivity index (χ2n) is 17.5. The van der Waals surface area contributed by atoms with Gasteiger partial charge in [-0.15, -0.1) is 0 Å². The third kappa shape index (κ3) is 6.92. The molecule has 0 N–H and O–H groups in total. The van der Waals surface area contributed by atoms with E-state index in [1.165, 1.54) is 38.9 Å². The summed E-state index contributed by atoms with van der Waals surface area (Å²) in [5, 5.41) is 0. The van der Waals surface area contributed by atoms with Crippen LogP contribution in [-0.2, 0) is 0 Å². The van der Waals surface area contributed by atoms with E-state index in [9.17, 15) is 0 Å². The lowest BCUT2D eigenvalue weighted by Crippen LogP contribution is -2.27. The van der Waals surface area contributed by atoms with Crippen LogP contribution >= 0.6 is 0 Å². The van der Waals surface area contributed by atoms with E-state index < -0.39 is 0 Å². The van der Waals surface area contributed by atoms with Gasteiger partial charge in [0.1, 0.15) is 0 Å². The molecule has 11 aromatic rings. The van der Waals surface area contributed by atoms with Crippen molar-refractivity contribution in [3.63, 3.8) is 0 Å². The summed E-state index contributed by atoms with van der Waals surface area (Å²) in [6.07, 6.45) is 0. The SMILES string of the molecule is c1ccc(-c2cc(-c3ccc4c(c3)C3c5ccccc5C4c4cc(-c5ccc(-c6nc(-c7ccccc7)nc(-c7ccccc7-c7ccccc7)n6)cc5)ccc43)nc(-c3ccccc3)n2)cc1. The highest BCUT2D eigenvalue weighted by Gasteiger charge is 2.41. The van der Waals surface area contributed by atoms with Crippen molar-refractivity contribution >= 4 is 0 Å². The molecule has 3 aliphatic rings. The fourth-order valence-corrected chi connectivity index (χ4v) is 10.3. The fraction of sp³-hybridized carbons (Fsp3) is 0.0317. The van der Waals surface area contributed by atoms with Gasteiger partial charge in [-0.25, -0.2) is 24.9 Å². The normalized spacial score (nSPS) is 14.2. The van der Waals surface area contributed by atoms with Crippen molar-refractivity contribution in [1.82, 2.24) is 24.9 Å². The zero-order chi connectivity index (χ0) is 45.0. The van der Waals surface area contributed by atoms with E-state index >= 15 is 0 Å². The number of hydrogen-bond acceptors (Lipinski definition) is 5. The summed E-state index contributed by atoms with van der Waals surface area (Å²) in [5.74, 6) is 2.84. The highest BCUT2D eigenvalue weighted by Crippen LogP contribution is 2.56. The van der Waals surface area contributed by atoms with Crippen molar-refractivity contribution in [2.24, 2.45) is 0 Å². The zero-order valence-corrected chi connectivity index (χ0v) is 36.9. The molecule has 2 atom stereocenters. The van der Waals surface area contributed by atoms with Gasteiger partial charge in [0.05, 0.1) is 11.4 Å². The fourth-order valence-electron chi connectivity index (χ4n) is 10.3. The Bertz CT molecular complexity index is 3610. The maximum atomic E-state index is 5.20. The third-order valence-electron chi connectivity index (χ3n) is 13.6. The molecule has 0 amide bonds. The summed E-state index contributed by atoms with van der Waals surface area (Å²) in [6, 6.07) is 83.5. The molecule has 5 heteroatoms. The minimum absolute atomic E-state index is 0.102. The summed E-state index contributed by atoms with van der Waals surface area (Å²) < 4.78 is 0. The van der Waals surface area contributed by atoms with Gasteiger partial charge in [0.25, 0.3) is 0 Å². The molecule has 2 heterocycles. The Kier molecular flexibility index (Phi) is 9.57. The largest absolute Gasteiger partial charge is 0.228 e. The first-order valence-electron chi connectivity index (χ1n) is 23.1. The highest BCUT2D eigenvalue weighted by atomic mass is 15.0. The van der Waals surface area contributed by atoms with Crippen molar-refractivity contribution in [2.45, 2.75) is 11.8 Å². The molecule has 14 rings (SSSR count). The predicted octanol–water partition coefficient (Wildman–Crippen LogP) is 15.0. The van der Waals surface area contributed by atoms with E-state index in [0.717, 1.165) is 67.3 Å². The summed E-state index contributed by atoms with van der Waals surface area (Å²) in [7, 11) is 0. The minimum Gasteiger partial charge on any atom is -0.228 e. The Morgan fingerprint density at radius 3 is 1.15 bits per heavy atom. The smallest absolute Gasteiger partial charge is 0.164 e. The van der Waals surface area contributed by atoms with Gasteiger partial charge in [-0.1, -0.05) is 218 Å². The molecule has 0 aliphatic heterocycles. The first-order valence-corrected chi connectivity index (χ1v) is 23.1. The summed E-state index contributed by atoms with van der Waals surface area (Å²) in [5.41, 5.74) is 20.5. The molecule has 318 valence electrons. The number of aromatic nitrogens is 5. The van der Waals surface area contributed by atoms with E-state index in [2.05, 4.69) is 182 Å². The van der Waals surface area contributed by atoms with E-state index in [1.807, 2.05) is 54.6 Å². The van der Waals surface area contributed by atoms with Gasteiger partial charge >= 0.3 is 0 Å². The Labute approximate surface area is 395 Å². The molecule has 68 heavy (non-hydrogen) atoms. The van der Waals surface area contributed by atoms with E-state index in [-0.39, 0.29) is 11.8 Å². The summed E-state index contributed by atoms with van der Waals surface area (Å²) in [4.78, 5) is 25.5. The second kappa shape index (κ2) is 16.5. The Morgan fingerprint density at radius 2 is 0.574 bits per heavy atom. The number of nitrogens with zero attached hydrogens (tertiary/aromatic N) is 5. The quantitative estimate of drug-likeness (QED) is 0.152. The second-order valence-corrected chi connectivity index (χ2v) is 17.5. The average Bonchev–Trinajstić information content (AvgIpc) is 3.43. The van der Waals surface area contributed by atoms with Gasteiger partial charge in [-0.3, -0.25) is 0 Å². The molecule has 2 unspecified atom stereocenters. The van der Waals surface area contributed by atoms with Crippen LogP contribution in [-0.4, -0.2) is 24.9 Å². The Hall–Kier alpha value is -8.93. The number of benzene rings is 9. The van der Waals surface area contributed by atoms with Crippen molar-refractivity contribution in [3.8, 4) is 90.3 Å². The van der Waals surface area contributed by atoms with E-state index in [0.29, 0.717) is 17.5 Å². The van der Waals surface area contributed by atoms with Crippen LogP contribution in [0.3, 0.4) is 0 Å². The maximum Gasteiger partial charge on any atom is 0.164 e. The highest BCUT2D eigenvalue weighted by molar-refractivity contribution is 5.82. The van der Waals surface area contributed by atoms with Crippen LogP contribution in [0.15, 0.2) is 237 Å². The van der Waals surface area contributed by atoms with Gasteiger partial charge in [0.2, 0.25) is 0 Å². The van der Waals surface area contributed by atoms with Crippen molar-refractivity contribution in [1.29, 1.82) is 0 Å². The molecule has 0 fully saturated rings. The van der Waals surface area contributed by atoms with Gasteiger partial charge in [-0.05, 0) is 73.8 Å². The van der Waals surface area contributed by atoms with Crippen molar-refractivity contribution < 1.29 is 0 Å². The lowest BCUT2D eigenvalue weighted by molar-refractivity contribution is 0.755. The van der Waals surface area contributed by atoms with Gasteiger partial charge in [0, 0.05) is 45.2 Å². The van der Waals surface area contributed by atoms with Crippen LogP contribution in [0.4, 0.5) is 0 Å². The van der Waals surface area contributed by atoms with Crippen molar-refractivity contribution in [3.05, 3.63) is 270 Å².